The second-order valence-corrected chi connectivity index (χ2v) is 3.71. The van der Waals surface area contributed by atoms with E-state index in [1.807, 2.05) is 0 Å². The molecule has 84 valence electrons. The summed E-state index contributed by atoms with van der Waals surface area (Å²) in [4.78, 5) is 22.9. The molecule has 1 amide bonds. The highest BCUT2D eigenvalue weighted by atomic mass is 35.5. The fourth-order valence-corrected chi connectivity index (χ4v) is 1.77. The van der Waals surface area contributed by atoms with E-state index in [4.69, 9.17) is 5.73 Å². The summed E-state index contributed by atoms with van der Waals surface area (Å²) in [6, 6.07) is 1.60. The smallest absolute Gasteiger partial charge is 0.261 e. The van der Waals surface area contributed by atoms with Crippen LogP contribution >= 0.6 is 23.7 Å². The van der Waals surface area contributed by atoms with Gasteiger partial charge in [-0.1, -0.05) is 0 Å². The number of ketones is 1. The van der Waals surface area contributed by atoms with Crippen LogP contribution in [0.3, 0.4) is 0 Å². The number of thiophene rings is 1. The number of amides is 1. The standard InChI is InChI=1S/C9H12N2O2S.ClH/c1-6(12)7-4-8(14-5-7)9(13)11-3-2-10;/h4-5H,2-3,10H2,1H3,(H,11,13);1H. The zero-order valence-corrected chi connectivity index (χ0v) is 9.91. The summed E-state index contributed by atoms with van der Waals surface area (Å²) in [5.41, 5.74) is 5.82. The van der Waals surface area contributed by atoms with Crippen LogP contribution < -0.4 is 11.1 Å². The Kier molecular flexibility index (Phi) is 6.15. The molecule has 0 spiro atoms. The Balaban J connectivity index is 0.00000196. The van der Waals surface area contributed by atoms with Crippen molar-refractivity contribution in [3.8, 4) is 0 Å². The lowest BCUT2D eigenvalue weighted by Crippen LogP contribution is -2.28. The van der Waals surface area contributed by atoms with E-state index in [-0.39, 0.29) is 24.1 Å². The molecule has 0 aliphatic rings. The van der Waals surface area contributed by atoms with Crippen molar-refractivity contribution in [2.45, 2.75) is 6.92 Å². The molecule has 0 radical (unpaired) electrons. The van der Waals surface area contributed by atoms with Crippen molar-refractivity contribution in [1.29, 1.82) is 0 Å². The van der Waals surface area contributed by atoms with E-state index in [9.17, 15) is 9.59 Å². The maximum Gasteiger partial charge on any atom is 0.261 e. The van der Waals surface area contributed by atoms with Crippen LogP contribution in [0.2, 0.25) is 0 Å². The van der Waals surface area contributed by atoms with Gasteiger partial charge in [0.15, 0.2) is 5.78 Å². The minimum absolute atomic E-state index is 0. The Morgan fingerprint density at radius 2 is 2.20 bits per heavy atom. The molecule has 4 nitrogen and oxygen atoms in total. The number of nitrogens with two attached hydrogens (primary N) is 1. The second kappa shape index (κ2) is 6.55. The molecule has 0 aromatic carbocycles. The molecule has 1 aromatic rings. The highest BCUT2D eigenvalue weighted by Gasteiger charge is 2.09. The van der Waals surface area contributed by atoms with Crippen molar-refractivity contribution in [2.75, 3.05) is 13.1 Å². The molecule has 0 aliphatic heterocycles. The summed E-state index contributed by atoms with van der Waals surface area (Å²) >= 11 is 1.26. The first-order chi connectivity index (χ1) is 6.65. The van der Waals surface area contributed by atoms with Gasteiger partial charge in [-0.15, -0.1) is 23.7 Å². The average Bonchev–Trinajstić information content (AvgIpc) is 2.62. The quantitative estimate of drug-likeness (QED) is 0.783. The van der Waals surface area contributed by atoms with Gasteiger partial charge in [-0.25, -0.2) is 0 Å². The molecule has 0 fully saturated rings. The maximum atomic E-state index is 11.4. The second-order valence-electron chi connectivity index (χ2n) is 2.80. The molecule has 0 saturated carbocycles. The monoisotopic (exact) mass is 248 g/mol. The molecule has 0 bridgehead atoms. The molecule has 0 unspecified atom stereocenters. The number of hydrogen-bond donors (Lipinski definition) is 2. The first-order valence-corrected chi connectivity index (χ1v) is 5.11. The number of nitrogens with one attached hydrogen (secondary N) is 1. The Hall–Kier alpha value is -0.910. The van der Waals surface area contributed by atoms with Crippen LogP contribution in [0.15, 0.2) is 11.4 Å². The molecule has 1 aromatic heterocycles. The molecule has 1 rings (SSSR count). The van der Waals surface area contributed by atoms with Crippen molar-refractivity contribution < 1.29 is 9.59 Å². The summed E-state index contributed by atoms with van der Waals surface area (Å²) in [6.07, 6.45) is 0. The van der Waals surface area contributed by atoms with Gasteiger partial charge in [0.05, 0.1) is 4.88 Å². The Labute approximate surface area is 98.3 Å². The Bertz CT molecular complexity index is 352. The number of Topliss-reactive ketones (excluding diaryl/α,β-unsaturated/α-hetero) is 1. The van der Waals surface area contributed by atoms with E-state index >= 15 is 0 Å². The maximum absolute atomic E-state index is 11.4. The fraction of sp³-hybridized carbons (Fsp3) is 0.333. The molecular weight excluding hydrogens is 236 g/mol. The SMILES string of the molecule is CC(=O)c1csc(C(=O)NCCN)c1.Cl. The normalized spacial score (nSPS) is 9.20. The van der Waals surface area contributed by atoms with Crippen LogP contribution in [0.25, 0.3) is 0 Å². The molecule has 0 saturated heterocycles. The van der Waals surface area contributed by atoms with Gasteiger partial charge in [0.2, 0.25) is 0 Å². The largest absolute Gasteiger partial charge is 0.350 e. The first-order valence-electron chi connectivity index (χ1n) is 4.23. The minimum atomic E-state index is -0.173. The predicted molar refractivity (Wildman–Crippen MR) is 63.0 cm³/mol. The van der Waals surface area contributed by atoms with Crippen molar-refractivity contribution in [2.24, 2.45) is 5.73 Å². The number of carbonyl (C=O) groups excluding carboxylic acids is 2. The van der Waals surface area contributed by atoms with Crippen LogP contribution in [-0.2, 0) is 0 Å². The van der Waals surface area contributed by atoms with Gasteiger partial charge in [0.1, 0.15) is 0 Å². The number of rotatable bonds is 4. The number of halogens is 1. The van der Waals surface area contributed by atoms with Crippen molar-refractivity contribution in [3.05, 3.63) is 21.9 Å². The van der Waals surface area contributed by atoms with Crippen LogP contribution in [0.5, 0.6) is 0 Å². The van der Waals surface area contributed by atoms with Gasteiger partial charge in [0.25, 0.3) is 5.91 Å². The molecule has 1 heterocycles. The van der Waals surface area contributed by atoms with Gasteiger partial charge in [-0.3, -0.25) is 9.59 Å². The molecule has 3 N–H and O–H groups in total. The molecule has 0 aliphatic carbocycles. The van der Waals surface area contributed by atoms with Crippen LogP contribution in [-0.4, -0.2) is 24.8 Å². The third-order valence-corrected chi connectivity index (χ3v) is 2.59. The first kappa shape index (κ1) is 14.1. The van der Waals surface area contributed by atoms with Gasteiger partial charge in [-0.2, -0.15) is 0 Å². The molecular formula is C9H13ClN2O2S. The number of carbonyl (C=O) groups is 2. The van der Waals surface area contributed by atoms with E-state index in [0.717, 1.165) is 0 Å². The molecule has 15 heavy (non-hydrogen) atoms. The topological polar surface area (TPSA) is 72.2 Å². The van der Waals surface area contributed by atoms with Crippen molar-refractivity contribution >= 4 is 35.4 Å². The van der Waals surface area contributed by atoms with Gasteiger partial charge < -0.3 is 11.1 Å². The highest BCUT2D eigenvalue weighted by Crippen LogP contribution is 2.14. The lowest BCUT2D eigenvalue weighted by Gasteiger charge is -1.99. The van der Waals surface area contributed by atoms with Crippen LogP contribution in [0.1, 0.15) is 27.0 Å². The predicted octanol–water partition coefficient (Wildman–Crippen LogP) is 1.06. The lowest BCUT2D eigenvalue weighted by atomic mass is 10.2. The zero-order chi connectivity index (χ0) is 10.6. The minimum Gasteiger partial charge on any atom is -0.350 e. The van der Waals surface area contributed by atoms with E-state index in [0.29, 0.717) is 23.5 Å². The van der Waals surface area contributed by atoms with Crippen molar-refractivity contribution in [3.63, 3.8) is 0 Å². The van der Waals surface area contributed by atoms with Gasteiger partial charge in [-0.05, 0) is 13.0 Å². The van der Waals surface area contributed by atoms with Gasteiger partial charge >= 0.3 is 0 Å². The number of hydrogen-bond acceptors (Lipinski definition) is 4. The average molecular weight is 249 g/mol. The fourth-order valence-electron chi connectivity index (χ4n) is 0.913. The Morgan fingerprint density at radius 1 is 1.53 bits per heavy atom. The summed E-state index contributed by atoms with van der Waals surface area (Å²) in [5, 5.41) is 4.32. The summed E-state index contributed by atoms with van der Waals surface area (Å²) in [6.45, 7) is 2.34. The van der Waals surface area contributed by atoms with E-state index < -0.39 is 0 Å². The summed E-state index contributed by atoms with van der Waals surface area (Å²) < 4.78 is 0. The summed E-state index contributed by atoms with van der Waals surface area (Å²) in [7, 11) is 0. The highest BCUT2D eigenvalue weighted by molar-refractivity contribution is 7.12. The van der Waals surface area contributed by atoms with Crippen LogP contribution in [0, 0.1) is 0 Å². The van der Waals surface area contributed by atoms with Crippen molar-refractivity contribution in [1.82, 2.24) is 5.32 Å². The third kappa shape index (κ3) is 3.99. The zero-order valence-electron chi connectivity index (χ0n) is 8.28. The van der Waals surface area contributed by atoms with Crippen LogP contribution in [0.4, 0.5) is 0 Å². The Morgan fingerprint density at radius 3 is 2.67 bits per heavy atom. The molecule has 0 atom stereocenters. The lowest BCUT2D eigenvalue weighted by molar-refractivity contribution is 0.0958. The summed E-state index contributed by atoms with van der Waals surface area (Å²) in [5.74, 6) is -0.202. The third-order valence-electron chi connectivity index (χ3n) is 1.66. The van der Waals surface area contributed by atoms with Gasteiger partial charge in [0, 0.05) is 24.0 Å². The van der Waals surface area contributed by atoms with E-state index in [1.165, 1.54) is 18.3 Å². The van der Waals surface area contributed by atoms with E-state index in [2.05, 4.69) is 5.32 Å². The van der Waals surface area contributed by atoms with E-state index in [1.54, 1.807) is 11.4 Å². The molecule has 6 heteroatoms.